The van der Waals surface area contributed by atoms with E-state index in [2.05, 4.69) is 12.2 Å². The molecule has 0 saturated carbocycles. The molecule has 64 valence electrons. The Morgan fingerprint density at radius 3 is 2.73 bits per heavy atom. The number of nitrogens with one attached hydrogen (secondary N) is 1. The van der Waals surface area contributed by atoms with Crippen molar-refractivity contribution in [3.63, 3.8) is 0 Å². The van der Waals surface area contributed by atoms with Crippen molar-refractivity contribution in [2.75, 3.05) is 20.1 Å². The van der Waals surface area contributed by atoms with Gasteiger partial charge in [0.25, 0.3) is 0 Å². The summed E-state index contributed by atoms with van der Waals surface area (Å²) in [6.07, 6.45) is 1.80. The lowest BCUT2D eigenvalue weighted by atomic mass is 10.1. The average Bonchev–Trinajstić information content (AvgIpc) is 2.01. The summed E-state index contributed by atoms with van der Waals surface area (Å²) < 4.78 is 0. The molecular formula is C8H16N2O. The molecule has 1 amide bonds. The highest BCUT2D eigenvalue weighted by molar-refractivity contribution is 5.82. The SMILES string of the molecule is CCC(CNC)N1CCC1=O. The van der Waals surface area contributed by atoms with Gasteiger partial charge in [-0.3, -0.25) is 4.79 Å². The molecular weight excluding hydrogens is 140 g/mol. The highest BCUT2D eigenvalue weighted by atomic mass is 16.2. The van der Waals surface area contributed by atoms with Crippen molar-refractivity contribution in [1.82, 2.24) is 10.2 Å². The minimum Gasteiger partial charge on any atom is -0.338 e. The van der Waals surface area contributed by atoms with E-state index >= 15 is 0 Å². The molecule has 3 heteroatoms. The number of β-lactam (4-membered cyclic amide) rings is 1. The normalized spacial score (nSPS) is 19.8. The monoisotopic (exact) mass is 156 g/mol. The summed E-state index contributed by atoms with van der Waals surface area (Å²) >= 11 is 0. The molecule has 0 spiro atoms. The topological polar surface area (TPSA) is 32.3 Å². The molecule has 0 aromatic rings. The quantitative estimate of drug-likeness (QED) is 0.590. The third-order valence-electron chi connectivity index (χ3n) is 2.24. The van der Waals surface area contributed by atoms with E-state index in [1.807, 2.05) is 11.9 Å². The number of likely N-dealkylation sites (N-methyl/N-ethyl adjacent to an activating group) is 1. The zero-order valence-electron chi connectivity index (χ0n) is 7.26. The zero-order chi connectivity index (χ0) is 8.27. The predicted octanol–water partition coefficient (Wildman–Crippen LogP) is 0.217. The Balaban J connectivity index is 2.35. The van der Waals surface area contributed by atoms with Crippen LogP contribution < -0.4 is 5.32 Å². The Bertz CT molecular complexity index is 147. The molecule has 1 saturated heterocycles. The number of carbonyl (C=O) groups is 1. The summed E-state index contributed by atoms with van der Waals surface area (Å²) in [5.41, 5.74) is 0. The number of nitrogens with zero attached hydrogens (tertiary/aromatic N) is 1. The lowest BCUT2D eigenvalue weighted by Crippen LogP contribution is -2.52. The molecule has 1 rings (SSSR count). The van der Waals surface area contributed by atoms with Crippen molar-refractivity contribution in [3.8, 4) is 0 Å². The first-order chi connectivity index (χ1) is 5.29. The summed E-state index contributed by atoms with van der Waals surface area (Å²) in [6, 6.07) is 0.418. The second-order valence-corrected chi connectivity index (χ2v) is 2.96. The number of hydrogen-bond acceptors (Lipinski definition) is 2. The van der Waals surface area contributed by atoms with E-state index < -0.39 is 0 Å². The molecule has 1 aliphatic heterocycles. The summed E-state index contributed by atoms with van der Waals surface area (Å²) in [5.74, 6) is 0.312. The van der Waals surface area contributed by atoms with E-state index in [1.165, 1.54) is 0 Å². The molecule has 0 aromatic carbocycles. The van der Waals surface area contributed by atoms with Gasteiger partial charge in [-0.15, -0.1) is 0 Å². The van der Waals surface area contributed by atoms with Crippen molar-refractivity contribution in [2.45, 2.75) is 25.8 Å². The van der Waals surface area contributed by atoms with Gasteiger partial charge in [-0.25, -0.2) is 0 Å². The van der Waals surface area contributed by atoms with Gasteiger partial charge in [0.05, 0.1) is 0 Å². The Morgan fingerprint density at radius 1 is 1.73 bits per heavy atom. The maximum absolute atomic E-state index is 11.0. The molecule has 0 bridgehead atoms. The molecule has 0 aromatic heterocycles. The number of likely N-dealkylation sites (tertiary alicyclic amines) is 1. The molecule has 1 N–H and O–H groups in total. The first-order valence-corrected chi connectivity index (χ1v) is 4.23. The van der Waals surface area contributed by atoms with Crippen LogP contribution in [-0.4, -0.2) is 37.0 Å². The zero-order valence-corrected chi connectivity index (χ0v) is 7.26. The van der Waals surface area contributed by atoms with Crippen LogP contribution in [0.1, 0.15) is 19.8 Å². The van der Waals surface area contributed by atoms with Crippen LogP contribution in [0.4, 0.5) is 0 Å². The van der Waals surface area contributed by atoms with Gasteiger partial charge in [0.1, 0.15) is 0 Å². The van der Waals surface area contributed by atoms with Gasteiger partial charge < -0.3 is 10.2 Å². The van der Waals surface area contributed by atoms with Crippen LogP contribution in [0.2, 0.25) is 0 Å². The maximum atomic E-state index is 11.0. The molecule has 1 heterocycles. The van der Waals surface area contributed by atoms with Crippen LogP contribution in [0.3, 0.4) is 0 Å². The van der Waals surface area contributed by atoms with Crippen molar-refractivity contribution < 1.29 is 4.79 Å². The van der Waals surface area contributed by atoms with Crippen LogP contribution in [0, 0.1) is 0 Å². The Morgan fingerprint density at radius 2 is 2.45 bits per heavy atom. The van der Waals surface area contributed by atoms with Crippen LogP contribution in [0.15, 0.2) is 0 Å². The van der Waals surface area contributed by atoms with Crippen molar-refractivity contribution in [1.29, 1.82) is 0 Å². The third-order valence-corrected chi connectivity index (χ3v) is 2.24. The molecule has 11 heavy (non-hydrogen) atoms. The second kappa shape index (κ2) is 3.72. The van der Waals surface area contributed by atoms with Gasteiger partial charge in [0.2, 0.25) is 5.91 Å². The predicted molar refractivity (Wildman–Crippen MR) is 44.3 cm³/mol. The van der Waals surface area contributed by atoms with Gasteiger partial charge in [0, 0.05) is 25.6 Å². The van der Waals surface area contributed by atoms with Gasteiger partial charge in [-0.1, -0.05) is 6.92 Å². The molecule has 1 fully saturated rings. The van der Waals surface area contributed by atoms with Gasteiger partial charge in [0.15, 0.2) is 0 Å². The van der Waals surface area contributed by atoms with E-state index in [4.69, 9.17) is 0 Å². The number of amides is 1. The fourth-order valence-electron chi connectivity index (χ4n) is 1.43. The van der Waals surface area contributed by atoms with Crippen LogP contribution in [0.5, 0.6) is 0 Å². The minimum atomic E-state index is 0.312. The van der Waals surface area contributed by atoms with Gasteiger partial charge >= 0.3 is 0 Å². The lowest BCUT2D eigenvalue weighted by molar-refractivity contribution is -0.142. The fourth-order valence-corrected chi connectivity index (χ4v) is 1.43. The number of carbonyl (C=O) groups excluding carboxylic acids is 1. The Kier molecular flexibility index (Phi) is 2.88. The van der Waals surface area contributed by atoms with E-state index in [1.54, 1.807) is 0 Å². The molecule has 3 nitrogen and oxygen atoms in total. The Labute approximate surface area is 67.8 Å². The van der Waals surface area contributed by atoms with E-state index in [0.29, 0.717) is 11.9 Å². The standard InChI is InChI=1S/C8H16N2O/c1-3-7(6-9-2)10-5-4-8(10)11/h7,9H,3-6H2,1-2H3. The van der Waals surface area contributed by atoms with E-state index in [9.17, 15) is 4.79 Å². The molecule has 1 aliphatic rings. The molecule has 0 radical (unpaired) electrons. The largest absolute Gasteiger partial charge is 0.338 e. The van der Waals surface area contributed by atoms with Crippen LogP contribution in [-0.2, 0) is 4.79 Å². The van der Waals surface area contributed by atoms with Crippen LogP contribution in [0.25, 0.3) is 0 Å². The molecule has 1 atom stereocenters. The maximum Gasteiger partial charge on any atom is 0.224 e. The van der Waals surface area contributed by atoms with Crippen LogP contribution >= 0.6 is 0 Å². The molecule has 1 unspecified atom stereocenters. The Hall–Kier alpha value is -0.570. The van der Waals surface area contributed by atoms with E-state index in [0.717, 1.165) is 25.9 Å². The van der Waals surface area contributed by atoms with E-state index in [-0.39, 0.29) is 0 Å². The summed E-state index contributed by atoms with van der Waals surface area (Å²) in [6.45, 7) is 3.99. The minimum absolute atomic E-state index is 0.312. The van der Waals surface area contributed by atoms with Crippen molar-refractivity contribution >= 4 is 5.91 Å². The number of hydrogen-bond donors (Lipinski definition) is 1. The van der Waals surface area contributed by atoms with Gasteiger partial charge in [-0.05, 0) is 13.5 Å². The third kappa shape index (κ3) is 1.71. The lowest BCUT2D eigenvalue weighted by Gasteiger charge is -2.37. The van der Waals surface area contributed by atoms with Crippen molar-refractivity contribution in [3.05, 3.63) is 0 Å². The smallest absolute Gasteiger partial charge is 0.224 e. The van der Waals surface area contributed by atoms with Gasteiger partial charge in [-0.2, -0.15) is 0 Å². The second-order valence-electron chi connectivity index (χ2n) is 2.96. The first kappa shape index (κ1) is 8.53. The molecule has 0 aliphatic carbocycles. The fraction of sp³-hybridized carbons (Fsp3) is 0.875. The summed E-state index contributed by atoms with van der Waals surface area (Å²) in [7, 11) is 1.92. The first-order valence-electron chi connectivity index (χ1n) is 4.23. The summed E-state index contributed by atoms with van der Waals surface area (Å²) in [5, 5.41) is 3.09. The number of rotatable bonds is 4. The van der Waals surface area contributed by atoms with Crippen molar-refractivity contribution in [2.24, 2.45) is 0 Å². The average molecular weight is 156 g/mol. The highest BCUT2D eigenvalue weighted by Gasteiger charge is 2.29. The highest BCUT2D eigenvalue weighted by Crippen LogP contribution is 2.14. The summed E-state index contributed by atoms with van der Waals surface area (Å²) in [4.78, 5) is 13.0.